The third-order valence-corrected chi connectivity index (χ3v) is 3.90. The Morgan fingerprint density at radius 3 is 2.67 bits per heavy atom. The van der Waals surface area contributed by atoms with Gasteiger partial charge in [0.05, 0.1) is 35.8 Å². The molecule has 0 bridgehead atoms. The van der Waals surface area contributed by atoms with Crippen molar-refractivity contribution in [2.45, 2.75) is 6.54 Å². The van der Waals surface area contributed by atoms with Gasteiger partial charge in [0, 0.05) is 24.3 Å². The normalized spacial score (nSPS) is 10.5. The zero-order chi connectivity index (χ0) is 18.6. The van der Waals surface area contributed by atoms with E-state index in [-0.39, 0.29) is 6.03 Å². The highest BCUT2D eigenvalue weighted by atomic mass is 16.2. The van der Waals surface area contributed by atoms with E-state index in [4.69, 9.17) is 5.26 Å². The van der Waals surface area contributed by atoms with Crippen molar-refractivity contribution >= 4 is 23.1 Å². The van der Waals surface area contributed by atoms with Crippen LogP contribution >= 0.6 is 0 Å². The Bertz CT molecular complexity index is 1100. The predicted octanol–water partition coefficient (Wildman–Crippen LogP) is 3.09. The maximum absolute atomic E-state index is 12.1. The topological polar surface area (TPSA) is 100 Å². The number of hydrogen-bond donors (Lipinski definition) is 2. The average molecular weight is 357 g/mol. The van der Waals surface area contributed by atoms with Crippen molar-refractivity contribution in [2.75, 3.05) is 10.6 Å². The van der Waals surface area contributed by atoms with E-state index < -0.39 is 0 Å². The fourth-order valence-corrected chi connectivity index (χ4v) is 2.67. The van der Waals surface area contributed by atoms with E-state index in [2.05, 4.69) is 20.7 Å². The lowest BCUT2D eigenvalue weighted by atomic mass is 10.2. The Morgan fingerprint density at radius 1 is 1.07 bits per heavy atom. The van der Waals surface area contributed by atoms with Crippen LogP contribution < -0.4 is 10.6 Å². The number of rotatable bonds is 4. The van der Waals surface area contributed by atoms with Gasteiger partial charge in [-0.1, -0.05) is 6.07 Å². The smallest absolute Gasteiger partial charge is 0.308 e. The van der Waals surface area contributed by atoms with Gasteiger partial charge in [-0.25, -0.2) is 9.78 Å². The minimum absolute atomic E-state index is 0.382. The Kier molecular flexibility index (Phi) is 4.25. The summed E-state index contributed by atoms with van der Waals surface area (Å²) < 4.78 is 3.65. The highest BCUT2D eigenvalue weighted by Gasteiger charge is 2.07. The molecule has 8 heteroatoms. The van der Waals surface area contributed by atoms with Crippen LogP contribution in [-0.4, -0.2) is 25.2 Å². The molecule has 0 saturated heterocycles. The molecular weight excluding hydrogens is 342 g/mol. The zero-order valence-electron chi connectivity index (χ0n) is 14.2. The van der Waals surface area contributed by atoms with Gasteiger partial charge in [-0.3, -0.25) is 4.68 Å². The van der Waals surface area contributed by atoms with Gasteiger partial charge in [-0.15, -0.1) is 0 Å². The number of urea groups is 1. The van der Waals surface area contributed by atoms with Crippen molar-refractivity contribution in [1.82, 2.24) is 19.2 Å². The van der Waals surface area contributed by atoms with Crippen LogP contribution in [0.3, 0.4) is 0 Å². The first-order chi connectivity index (χ1) is 13.2. The predicted molar refractivity (Wildman–Crippen MR) is 100 cm³/mol. The third-order valence-electron chi connectivity index (χ3n) is 3.90. The summed E-state index contributed by atoms with van der Waals surface area (Å²) in [6.45, 7) is 0.501. The number of hydrogen-bond acceptors (Lipinski definition) is 4. The van der Waals surface area contributed by atoms with Gasteiger partial charge in [0.2, 0.25) is 0 Å². The van der Waals surface area contributed by atoms with Gasteiger partial charge in [0.25, 0.3) is 0 Å². The van der Waals surface area contributed by atoms with E-state index in [0.29, 0.717) is 23.5 Å². The molecule has 0 aliphatic carbocycles. The van der Waals surface area contributed by atoms with Gasteiger partial charge in [0.1, 0.15) is 5.65 Å². The van der Waals surface area contributed by atoms with Crippen molar-refractivity contribution in [1.29, 1.82) is 5.26 Å². The summed E-state index contributed by atoms with van der Waals surface area (Å²) in [5.41, 5.74) is 3.46. The molecule has 1 aromatic carbocycles. The summed E-state index contributed by atoms with van der Waals surface area (Å²) in [6.07, 6.45) is 7.20. The first-order valence-corrected chi connectivity index (χ1v) is 8.23. The number of anilines is 2. The van der Waals surface area contributed by atoms with Gasteiger partial charge >= 0.3 is 6.03 Å². The molecule has 4 aromatic rings. The molecule has 0 spiro atoms. The maximum atomic E-state index is 12.1. The summed E-state index contributed by atoms with van der Waals surface area (Å²) in [7, 11) is 0. The maximum Gasteiger partial charge on any atom is 0.323 e. The van der Waals surface area contributed by atoms with E-state index in [1.54, 1.807) is 41.3 Å². The zero-order valence-corrected chi connectivity index (χ0v) is 14.2. The van der Waals surface area contributed by atoms with Gasteiger partial charge in [0.15, 0.2) is 0 Å². The third kappa shape index (κ3) is 3.77. The van der Waals surface area contributed by atoms with Crippen molar-refractivity contribution in [3.8, 4) is 6.07 Å². The van der Waals surface area contributed by atoms with Crippen LogP contribution in [0.4, 0.5) is 16.2 Å². The first kappa shape index (κ1) is 16.4. The molecule has 27 heavy (non-hydrogen) atoms. The summed E-state index contributed by atoms with van der Waals surface area (Å²) in [6, 6.07) is 14.1. The summed E-state index contributed by atoms with van der Waals surface area (Å²) in [5, 5.41) is 18.5. The van der Waals surface area contributed by atoms with Crippen molar-refractivity contribution < 1.29 is 4.79 Å². The summed E-state index contributed by atoms with van der Waals surface area (Å²) in [4.78, 5) is 16.6. The summed E-state index contributed by atoms with van der Waals surface area (Å²) >= 11 is 0. The highest BCUT2D eigenvalue weighted by molar-refractivity contribution is 5.99. The van der Waals surface area contributed by atoms with E-state index in [0.717, 1.165) is 11.3 Å². The summed E-state index contributed by atoms with van der Waals surface area (Å²) in [5.74, 6) is 0. The Balaban J connectivity index is 1.38. The number of imidazole rings is 1. The second-order valence-corrected chi connectivity index (χ2v) is 5.89. The fraction of sp³-hybridized carbons (Fsp3) is 0.0526. The number of aromatic nitrogens is 4. The molecule has 2 N–H and O–H groups in total. The van der Waals surface area contributed by atoms with Gasteiger partial charge < -0.3 is 15.0 Å². The minimum atomic E-state index is -0.382. The van der Waals surface area contributed by atoms with E-state index >= 15 is 0 Å². The SMILES string of the molecule is N#Cc1ccc(NC(=O)Nc2cnn(Cc3cn4ccccc4n3)c2)cc1. The molecule has 0 unspecified atom stereocenters. The highest BCUT2D eigenvalue weighted by Crippen LogP contribution is 2.12. The number of carbonyl (C=O) groups excluding carboxylic acids is 1. The van der Waals surface area contributed by atoms with E-state index in [1.165, 1.54) is 0 Å². The number of pyridine rings is 1. The lowest BCUT2D eigenvalue weighted by Crippen LogP contribution is -2.19. The monoisotopic (exact) mass is 357 g/mol. The fourth-order valence-electron chi connectivity index (χ4n) is 2.67. The van der Waals surface area contributed by atoms with E-state index in [9.17, 15) is 4.79 Å². The second-order valence-electron chi connectivity index (χ2n) is 5.89. The van der Waals surface area contributed by atoms with Crippen molar-refractivity contribution in [3.63, 3.8) is 0 Å². The Hall–Kier alpha value is -4.12. The standard InChI is InChI=1S/C19H15N7O/c20-9-14-4-6-15(7-5-14)23-19(27)24-16-10-21-26(12-16)13-17-11-25-8-2-1-3-18(25)22-17/h1-8,10-12H,13H2,(H2,23,24,27). The van der Waals surface area contributed by atoms with Crippen LogP contribution in [0.2, 0.25) is 0 Å². The number of carbonyl (C=O) groups is 1. The molecule has 0 aliphatic heterocycles. The number of benzene rings is 1. The molecule has 4 rings (SSSR count). The Morgan fingerprint density at radius 2 is 1.89 bits per heavy atom. The van der Waals surface area contributed by atoms with Gasteiger partial charge in [-0.05, 0) is 36.4 Å². The van der Waals surface area contributed by atoms with Crippen LogP contribution in [-0.2, 0) is 6.54 Å². The molecule has 3 aromatic heterocycles. The average Bonchev–Trinajstić information content (AvgIpc) is 3.28. The number of amides is 2. The largest absolute Gasteiger partial charge is 0.323 e. The molecule has 0 radical (unpaired) electrons. The van der Waals surface area contributed by atoms with Crippen molar-refractivity contribution in [3.05, 3.63) is 78.5 Å². The van der Waals surface area contributed by atoms with Crippen molar-refractivity contribution in [2.24, 2.45) is 0 Å². The molecular formula is C19H15N7O. The molecule has 0 saturated carbocycles. The molecule has 2 amide bonds. The van der Waals surface area contributed by atoms with Crippen LogP contribution in [0.15, 0.2) is 67.3 Å². The number of nitriles is 1. The molecule has 8 nitrogen and oxygen atoms in total. The number of nitrogens with zero attached hydrogens (tertiary/aromatic N) is 5. The first-order valence-electron chi connectivity index (χ1n) is 8.23. The number of fused-ring (bicyclic) bond motifs is 1. The van der Waals surface area contributed by atoms with Crippen LogP contribution in [0.25, 0.3) is 5.65 Å². The molecule has 3 heterocycles. The lowest BCUT2D eigenvalue weighted by molar-refractivity contribution is 0.262. The Labute approximate surface area is 154 Å². The molecule has 0 atom stereocenters. The van der Waals surface area contributed by atoms with Crippen LogP contribution in [0.5, 0.6) is 0 Å². The molecule has 0 aliphatic rings. The lowest BCUT2D eigenvalue weighted by Gasteiger charge is -2.05. The van der Waals surface area contributed by atoms with Crippen LogP contribution in [0, 0.1) is 11.3 Å². The molecule has 0 fully saturated rings. The quantitative estimate of drug-likeness (QED) is 0.586. The minimum Gasteiger partial charge on any atom is -0.308 e. The molecule has 132 valence electrons. The second kappa shape index (κ2) is 7.01. The van der Waals surface area contributed by atoms with E-state index in [1.807, 2.05) is 41.1 Å². The van der Waals surface area contributed by atoms with Gasteiger partial charge in [-0.2, -0.15) is 10.4 Å². The van der Waals surface area contributed by atoms with Crippen LogP contribution in [0.1, 0.15) is 11.3 Å². The number of nitrogens with one attached hydrogen (secondary N) is 2.